The molecule has 156 valence electrons. The molecule has 3 aromatic rings. The van der Waals surface area contributed by atoms with E-state index in [9.17, 15) is 15.2 Å². The Balaban J connectivity index is 1.76. The van der Waals surface area contributed by atoms with E-state index >= 15 is 0 Å². The van der Waals surface area contributed by atoms with Crippen molar-refractivity contribution >= 4 is 23.1 Å². The standard InChI is InChI=1S/C25H22N2O4/c1-24(2)21-10-6-7-11-22(21)26(19-8-4-3-5-9-19)25(24)13-12-17-14-20(27(29)30)15-18(16-28)23(17)31-25/h3-15,28H,16H2,1-2H3. The second kappa shape index (κ2) is 6.68. The van der Waals surface area contributed by atoms with E-state index in [4.69, 9.17) is 4.74 Å². The monoisotopic (exact) mass is 414 g/mol. The van der Waals surface area contributed by atoms with Crippen LogP contribution < -0.4 is 9.64 Å². The van der Waals surface area contributed by atoms with Crippen molar-refractivity contribution in [3.8, 4) is 5.75 Å². The van der Waals surface area contributed by atoms with Crippen molar-refractivity contribution in [2.45, 2.75) is 31.6 Å². The predicted octanol–water partition coefficient (Wildman–Crippen LogP) is 5.32. The number of rotatable bonds is 3. The van der Waals surface area contributed by atoms with Gasteiger partial charge in [-0.25, -0.2) is 0 Å². The summed E-state index contributed by atoms with van der Waals surface area (Å²) < 4.78 is 6.76. The SMILES string of the molecule is CC1(C)c2ccccc2N(c2ccccc2)C12C=Cc1cc([N+](=O)[O-])cc(CO)c1O2. The van der Waals surface area contributed by atoms with Crippen LogP contribution in [0.4, 0.5) is 17.1 Å². The molecule has 31 heavy (non-hydrogen) atoms. The van der Waals surface area contributed by atoms with Gasteiger partial charge in [0.25, 0.3) is 5.69 Å². The number of hydrogen-bond donors (Lipinski definition) is 1. The van der Waals surface area contributed by atoms with Gasteiger partial charge in [0, 0.05) is 34.6 Å². The number of hydrogen-bond acceptors (Lipinski definition) is 5. The second-order valence-electron chi connectivity index (χ2n) is 8.38. The Morgan fingerprint density at radius 2 is 1.77 bits per heavy atom. The molecule has 1 unspecified atom stereocenters. The zero-order valence-electron chi connectivity index (χ0n) is 17.3. The number of nitro groups is 1. The lowest BCUT2D eigenvalue weighted by atomic mass is 9.76. The van der Waals surface area contributed by atoms with E-state index in [1.165, 1.54) is 12.1 Å². The minimum atomic E-state index is -0.912. The fraction of sp³-hybridized carbons (Fsp3) is 0.200. The van der Waals surface area contributed by atoms with Crippen LogP contribution >= 0.6 is 0 Å². The highest BCUT2D eigenvalue weighted by atomic mass is 16.6. The topological polar surface area (TPSA) is 75.8 Å². The third kappa shape index (κ3) is 2.61. The van der Waals surface area contributed by atoms with Gasteiger partial charge in [-0.15, -0.1) is 0 Å². The first-order chi connectivity index (χ1) is 14.9. The highest BCUT2D eigenvalue weighted by molar-refractivity contribution is 5.80. The van der Waals surface area contributed by atoms with Gasteiger partial charge in [-0.05, 0) is 49.8 Å². The quantitative estimate of drug-likeness (QED) is 0.464. The third-order valence-corrected chi connectivity index (χ3v) is 6.37. The molecule has 3 aromatic carbocycles. The first kappa shape index (κ1) is 19.3. The number of anilines is 2. The summed E-state index contributed by atoms with van der Waals surface area (Å²) in [5, 5.41) is 21.3. The highest BCUT2D eigenvalue weighted by Gasteiger charge is 2.59. The summed E-state index contributed by atoms with van der Waals surface area (Å²) in [5.74, 6) is 0.470. The zero-order chi connectivity index (χ0) is 21.8. The number of non-ortho nitro benzene ring substituents is 1. The van der Waals surface area contributed by atoms with Crippen LogP contribution in [0, 0.1) is 10.1 Å². The number of benzene rings is 3. The average Bonchev–Trinajstić information content (AvgIpc) is 2.97. The number of para-hydroxylation sites is 2. The lowest BCUT2D eigenvalue weighted by molar-refractivity contribution is -0.385. The number of nitrogens with zero attached hydrogens (tertiary/aromatic N) is 2. The molecule has 1 N–H and O–H groups in total. The molecular formula is C25H22N2O4. The van der Waals surface area contributed by atoms with Crippen molar-refractivity contribution in [2.75, 3.05) is 4.90 Å². The largest absolute Gasteiger partial charge is 0.462 e. The first-order valence-corrected chi connectivity index (χ1v) is 10.1. The Morgan fingerprint density at radius 1 is 1.06 bits per heavy atom. The van der Waals surface area contributed by atoms with Gasteiger partial charge in [-0.2, -0.15) is 0 Å². The number of fused-ring (bicyclic) bond motifs is 2. The maximum atomic E-state index is 11.3. The minimum Gasteiger partial charge on any atom is -0.462 e. The summed E-state index contributed by atoms with van der Waals surface area (Å²) in [6, 6.07) is 21.1. The second-order valence-corrected chi connectivity index (χ2v) is 8.38. The van der Waals surface area contributed by atoms with E-state index in [0.29, 0.717) is 16.9 Å². The van der Waals surface area contributed by atoms with Crippen LogP contribution in [0.15, 0.2) is 72.8 Å². The van der Waals surface area contributed by atoms with Crippen molar-refractivity contribution in [1.82, 2.24) is 0 Å². The number of aliphatic hydroxyl groups is 1. The number of ether oxygens (including phenoxy) is 1. The molecule has 2 aliphatic heterocycles. The Bertz CT molecular complexity index is 1220. The molecule has 1 atom stereocenters. The third-order valence-electron chi connectivity index (χ3n) is 6.37. The van der Waals surface area contributed by atoms with Gasteiger partial charge >= 0.3 is 0 Å². The molecule has 1 spiro atoms. The molecule has 0 aliphatic carbocycles. The van der Waals surface area contributed by atoms with Crippen LogP contribution in [0.2, 0.25) is 0 Å². The lowest BCUT2D eigenvalue weighted by Crippen LogP contribution is -2.58. The summed E-state index contributed by atoms with van der Waals surface area (Å²) in [6.45, 7) is 3.91. The summed E-state index contributed by atoms with van der Waals surface area (Å²) in [4.78, 5) is 13.1. The Kier molecular flexibility index (Phi) is 4.17. The molecule has 2 heterocycles. The Morgan fingerprint density at radius 3 is 2.48 bits per heavy atom. The fourth-order valence-corrected chi connectivity index (χ4v) is 4.77. The normalized spacial score (nSPS) is 20.3. The Labute approximate surface area is 180 Å². The molecule has 6 heteroatoms. The van der Waals surface area contributed by atoms with Crippen molar-refractivity contribution in [1.29, 1.82) is 0 Å². The summed E-state index contributed by atoms with van der Waals surface area (Å²) in [5.41, 5.74) is 2.70. The van der Waals surface area contributed by atoms with Gasteiger partial charge in [0.2, 0.25) is 5.72 Å². The number of nitro benzene ring substituents is 1. The summed E-state index contributed by atoms with van der Waals surface area (Å²) in [6.07, 6.45) is 3.85. The van der Waals surface area contributed by atoms with Gasteiger partial charge in [-0.1, -0.05) is 36.4 Å². The van der Waals surface area contributed by atoms with Crippen LogP contribution in [0.1, 0.15) is 30.5 Å². The van der Waals surface area contributed by atoms with Gasteiger partial charge < -0.3 is 9.84 Å². The van der Waals surface area contributed by atoms with E-state index in [1.54, 1.807) is 0 Å². The van der Waals surface area contributed by atoms with Crippen LogP contribution in [0.3, 0.4) is 0 Å². The molecule has 0 saturated carbocycles. The number of aliphatic hydroxyl groups excluding tert-OH is 1. The molecule has 6 nitrogen and oxygen atoms in total. The van der Waals surface area contributed by atoms with Gasteiger partial charge in [-0.3, -0.25) is 15.0 Å². The maximum absolute atomic E-state index is 11.3. The molecule has 5 rings (SSSR count). The smallest absolute Gasteiger partial charge is 0.270 e. The van der Waals surface area contributed by atoms with Gasteiger partial charge in [0.05, 0.1) is 16.9 Å². The van der Waals surface area contributed by atoms with E-state index in [2.05, 4.69) is 30.9 Å². The molecule has 0 amide bonds. The molecule has 0 radical (unpaired) electrons. The zero-order valence-corrected chi connectivity index (χ0v) is 17.3. The highest BCUT2D eigenvalue weighted by Crippen LogP contribution is 2.58. The van der Waals surface area contributed by atoms with E-state index in [1.807, 2.05) is 54.6 Å². The van der Waals surface area contributed by atoms with Crippen molar-refractivity contribution in [2.24, 2.45) is 0 Å². The lowest BCUT2D eigenvalue weighted by Gasteiger charge is -2.47. The summed E-state index contributed by atoms with van der Waals surface area (Å²) >= 11 is 0. The van der Waals surface area contributed by atoms with Crippen LogP contribution in [0.25, 0.3) is 6.08 Å². The van der Waals surface area contributed by atoms with Crippen LogP contribution in [-0.4, -0.2) is 15.8 Å². The predicted molar refractivity (Wildman–Crippen MR) is 119 cm³/mol. The van der Waals surface area contributed by atoms with E-state index < -0.39 is 16.1 Å². The molecule has 0 aromatic heterocycles. The molecule has 0 saturated heterocycles. The first-order valence-electron chi connectivity index (χ1n) is 10.1. The molecular weight excluding hydrogens is 392 g/mol. The summed E-state index contributed by atoms with van der Waals surface area (Å²) in [7, 11) is 0. The van der Waals surface area contributed by atoms with E-state index in [-0.39, 0.29) is 12.3 Å². The molecule has 2 aliphatic rings. The van der Waals surface area contributed by atoms with Crippen molar-refractivity contribution < 1.29 is 14.8 Å². The molecule has 0 fully saturated rings. The van der Waals surface area contributed by atoms with Gasteiger partial charge in [0.15, 0.2) is 0 Å². The van der Waals surface area contributed by atoms with Crippen molar-refractivity contribution in [3.63, 3.8) is 0 Å². The Hall–Kier alpha value is -3.64. The molecule has 0 bridgehead atoms. The van der Waals surface area contributed by atoms with Crippen LogP contribution in [0.5, 0.6) is 5.75 Å². The minimum absolute atomic E-state index is 0.0686. The van der Waals surface area contributed by atoms with E-state index in [0.717, 1.165) is 16.9 Å². The maximum Gasteiger partial charge on any atom is 0.270 e. The van der Waals surface area contributed by atoms with Crippen LogP contribution in [-0.2, 0) is 12.0 Å². The van der Waals surface area contributed by atoms with Gasteiger partial charge in [0.1, 0.15) is 5.75 Å². The average molecular weight is 414 g/mol. The van der Waals surface area contributed by atoms with Crippen molar-refractivity contribution in [3.05, 3.63) is 99.6 Å². The fourth-order valence-electron chi connectivity index (χ4n) is 4.77.